The molecule has 1 N–H and O–H groups in total. The number of hydrogen-bond donors (Lipinski definition) is 1. The van der Waals surface area contributed by atoms with Crippen LogP contribution in [0.3, 0.4) is 0 Å². The van der Waals surface area contributed by atoms with Crippen LogP contribution in [-0.2, 0) is 13.6 Å². The summed E-state index contributed by atoms with van der Waals surface area (Å²) in [4.78, 5) is 10.1. The van der Waals surface area contributed by atoms with E-state index in [4.69, 9.17) is 4.98 Å². The summed E-state index contributed by atoms with van der Waals surface area (Å²) < 4.78 is 2.26. The summed E-state index contributed by atoms with van der Waals surface area (Å²) in [6, 6.07) is 10.9. The molecule has 1 aromatic heterocycles. The van der Waals surface area contributed by atoms with Crippen molar-refractivity contribution in [3.63, 3.8) is 0 Å². The molecule has 0 radical (unpaired) electrons. The van der Waals surface area contributed by atoms with Crippen molar-refractivity contribution in [2.75, 3.05) is 39.8 Å². The van der Waals surface area contributed by atoms with Crippen molar-refractivity contribution < 1.29 is 0 Å². The quantitative estimate of drug-likeness (QED) is 0.911. The molecule has 3 heterocycles. The van der Waals surface area contributed by atoms with Gasteiger partial charge in [0.05, 0.1) is 17.4 Å². The van der Waals surface area contributed by atoms with Crippen LogP contribution in [0.2, 0.25) is 0 Å². The summed E-state index contributed by atoms with van der Waals surface area (Å²) in [7, 11) is 4.35. The Morgan fingerprint density at radius 3 is 2.52 bits per heavy atom. The minimum Gasteiger partial charge on any atom is -0.330 e. The topological polar surface area (TPSA) is 36.3 Å². The minimum absolute atomic E-state index is 0.399. The van der Waals surface area contributed by atoms with Crippen LogP contribution >= 0.6 is 0 Å². The van der Waals surface area contributed by atoms with E-state index in [0.29, 0.717) is 6.04 Å². The van der Waals surface area contributed by atoms with Gasteiger partial charge in [0.2, 0.25) is 0 Å². The number of fused-ring (bicyclic) bond motifs is 1. The third-order valence-corrected chi connectivity index (χ3v) is 5.20. The first-order chi connectivity index (χ1) is 11.2. The highest BCUT2D eigenvalue weighted by molar-refractivity contribution is 5.57. The lowest BCUT2D eigenvalue weighted by Gasteiger charge is -2.39. The standard InChI is InChI=1S/C18H25N5/c1-21-8-10-23(11-9-21)16-13-19-12-15-17(16)20-18(22(15)2)14-6-4-3-5-7-14/h3-7,16,19H,8-13H2,1-2H3. The van der Waals surface area contributed by atoms with Crippen molar-refractivity contribution in [2.45, 2.75) is 12.6 Å². The van der Waals surface area contributed by atoms with Gasteiger partial charge in [0, 0.05) is 51.9 Å². The van der Waals surface area contributed by atoms with E-state index in [1.807, 2.05) is 0 Å². The second kappa shape index (κ2) is 6.07. The molecule has 23 heavy (non-hydrogen) atoms. The van der Waals surface area contributed by atoms with Gasteiger partial charge in [-0.15, -0.1) is 0 Å². The molecule has 1 unspecified atom stereocenters. The van der Waals surface area contributed by atoms with Crippen LogP contribution in [0.4, 0.5) is 0 Å². The number of hydrogen-bond acceptors (Lipinski definition) is 4. The van der Waals surface area contributed by atoms with E-state index in [2.05, 4.69) is 64.1 Å². The molecule has 5 nitrogen and oxygen atoms in total. The van der Waals surface area contributed by atoms with Crippen molar-refractivity contribution in [3.05, 3.63) is 41.7 Å². The third kappa shape index (κ3) is 2.69. The van der Waals surface area contributed by atoms with E-state index in [9.17, 15) is 0 Å². The molecule has 2 aromatic rings. The van der Waals surface area contributed by atoms with Crippen LogP contribution in [0, 0.1) is 0 Å². The number of nitrogens with one attached hydrogen (secondary N) is 1. The molecule has 1 aromatic carbocycles. The maximum atomic E-state index is 5.06. The van der Waals surface area contributed by atoms with E-state index >= 15 is 0 Å². The van der Waals surface area contributed by atoms with E-state index in [1.54, 1.807) is 0 Å². The minimum atomic E-state index is 0.399. The van der Waals surface area contributed by atoms with Crippen molar-refractivity contribution in [2.24, 2.45) is 7.05 Å². The fourth-order valence-electron chi connectivity index (χ4n) is 3.73. The molecule has 2 aliphatic rings. The molecule has 0 spiro atoms. The van der Waals surface area contributed by atoms with Crippen LogP contribution in [0.15, 0.2) is 30.3 Å². The molecule has 0 amide bonds. The number of imidazole rings is 1. The van der Waals surface area contributed by atoms with Gasteiger partial charge >= 0.3 is 0 Å². The fraction of sp³-hybridized carbons (Fsp3) is 0.500. The van der Waals surface area contributed by atoms with Gasteiger partial charge in [-0.3, -0.25) is 4.90 Å². The lowest BCUT2D eigenvalue weighted by atomic mass is 10.1. The zero-order chi connectivity index (χ0) is 15.8. The lowest BCUT2D eigenvalue weighted by molar-refractivity contribution is 0.104. The molecule has 122 valence electrons. The van der Waals surface area contributed by atoms with Gasteiger partial charge in [-0.05, 0) is 7.05 Å². The molecule has 0 aliphatic carbocycles. The number of benzene rings is 1. The summed E-state index contributed by atoms with van der Waals surface area (Å²) in [5.74, 6) is 1.08. The Kier molecular flexibility index (Phi) is 3.93. The van der Waals surface area contributed by atoms with Gasteiger partial charge in [-0.25, -0.2) is 4.98 Å². The Bertz CT molecular complexity index is 670. The van der Waals surface area contributed by atoms with Gasteiger partial charge < -0.3 is 14.8 Å². The Balaban J connectivity index is 1.68. The third-order valence-electron chi connectivity index (χ3n) is 5.20. The smallest absolute Gasteiger partial charge is 0.140 e. The first-order valence-corrected chi connectivity index (χ1v) is 8.48. The molecule has 1 fully saturated rings. The number of piperazine rings is 1. The normalized spacial score (nSPS) is 23.0. The Morgan fingerprint density at radius 1 is 1.04 bits per heavy atom. The SMILES string of the molecule is CN1CCN(C2CNCc3c2nc(-c2ccccc2)n3C)CC1. The lowest BCUT2D eigenvalue weighted by Crippen LogP contribution is -2.49. The number of rotatable bonds is 2. The molecule has 0 bridgehead atoms. The highest BCUT2D eigenvalue weighted by Crippen LogP contribution is 2.31. The zero-order valence-electron chi connectivity index (χ0n) is 14.0. The Morgan fingerprint density at radius 2 is 1.78 bits per heavy atom. The molecular formula is C18H25N5. The van der Waals surface area contributed by atoms with Gasteiger partial charge in [0.15, 0.2) is 0 Å². The molecular weight excluding hydrogens is 286 g/mol. The van der Waals surface area contributed by atoms with E-state index < -0.39 is 0 Å². The van der Waals surface area contributed by atoms with Crippen LogP contribution in [0.5, 0.6) is 0 Å². The molecule has 1 saturated heterocycles. The Labute approximate surface area is 137 Å². The van der Waals surface area contributed by atoms with Crippen molar-refractivity contribution in [1.29, 1.82) is 0 Å². The summed E-state index contributed by atoms with van der Waals surface area (Å²) >= 11 is 0. The first-order valence-electron chi connectivity index (χ1n) is 8.48. The Hall–Kier alpha value is -1.69. The van der Waals surface area contributed by atoms with E-state index in [0.717, 1.165) is 45.1 Å². The maximum absolute atomic E-state index is 5.06. The van der Waals surface area contributed by atoms with Crippen LogP contribution in [0.25, 0.3) is 11.4 Å². The fourth-order valence-corrected chi connectivity index (χ4v) is 3.73. The van der Waals surface area contributed by atoms with Crippen molar-refractivity contribution in [1.82, 2.24) is 24.7 Å². The molecule has 4 rings (SSSR count). The van der Waals surface area contributed by atoms with E-state index in [1.165, 1.54) is 17.0 Å². The highest BCUT2D eigenvalue weighted by Gasteiger charge is 2.32. The van der Waals surface area contributed by atoms with E-state index in [-0.39, 0.29) is 0 Å². The highest BCUT2D eigenvalue weighted by atomic mass is 15.3. The predicted octanol–water partition coefficient (Wildman–Crippen LogP) is 1.48. The summed E-state index contributed by atoms with van der Waals surface area (Å²) in [6.07, 6.45) is 0. The zero-order valence-corrected chi connectivity index (χ0v) is 14.0. The van der Waals surface area contributed by atoms with Gasteiger partial charge in [0.25, 0.3) is 0 Å². The molecule has 0 saturated carbocycles. The number of likely N-dealkylation sites (N-methyl/N-ethyl adjacent to an activating group) is 1. The molecule has 2 aliphatic heterocycles. The van der Waals surface area contributed by atoms with Crippen LogP contribution in [-0.4, -0.2) is 59.1 Å². The summed E-state index contributed by atoms with van der Waals surface area (Å²) in [5.41, 5.74) is 3.80. The second-order valence-corrected chi connectivity index (χ2v) is 6.68. The van der Waals surface area contributed by atoms with Crippen molar-refractivity contribution >= 4 is 0 Å². The summed E-state index contributed by atoms with van der Waals surface area (Å²) in [5, 5.41) is 3.59. The number of aromatic nitrogens is 2. The predicted molar refractivity (Wildman–Crippen MR) is 92.2 cm³/mol. The largest absolute Gasteiger partial charge is 0.330 e. The summed E-state index contributed by atoms with van der Waals surface area (Å²) in [6.45, 7) is 6.45. The number of nitrogens with zero attached hydrogens (tertiary/aromatic N) is 4. The molecule has 5 heteroatoms. The second-order valence-electron chi connectivity index (χ2n) is 6.68. The maximum Gasteiger partial charge on any atom is 0.140 e. The van der Waals surface area contributed by atoms with Crippen LogP contribution < -0.4 is 5.32 Å². The average molecular weight is 311 g/mol. The van der Waals surface area contributed by atoms with Gasteiger partial charge in [-0.2, -0.15) is 0 Å². The monoisotopic (exact) mass is 311 g/mol. The van der Waals surface area contributed by atoms with Crippen LogP contribution in [0.1, 0.15) is 17.4 Å². The van der Waals surface area contributed by atoms with Crippen molar-refractivity contribution in [3.8, 4) is 11.4 Å². The van der Waals surface area contributed by atoms with Gasteiger partial charge in [0.1, 0.15) is 5.82 Å². The first kappa shape index (κ1) is 14.9. The molecule has 1 atom stereocenters. The average Bonchev–Trinajstić information content (AvgIpc) is 2.94. The van der Waals surface area contributed by atoms with Gasteiger partial charge in [-0.1, -0.05) is 30.3 Å².